The fourth-order valence-electron chi connectivity index (χ4n) is 1.55. The van der Waals surface area contributed by atoms with E-state index in [1.165, 1.54) is 6.08 Å². The van der Waals surface area contributed by atoms with Crippen LogP contribution in [0.2, 0.25) is 5.02 Å². The first kappa shape index (κ1) is 11.7. The summed E-state index contributed by atoms with van der Waals surface area (Å²) in [7, 11) is 0. The largest absolute Gasteiger partial charge is 0.454 e. The SMILES string of the molecule is CC/C(=C\c1cc(Cl)c2c(c1)OCO2)[N+](=O)[O-]. The van der Waals surface area contributed by atoms with E-state index in [1.807, 2.05) is 0 Å². The molecular weight excluding hydrogens is 246 g/mol. The van der Waals surface area contributed by atoms with E-state index < -0.39 is 4.92 Å². The Morgan fingerprint density at radius 1 is 1.59 bits per heavy atom. The highest BCUT2D eigenvalue weighted by molar-refractivity contribution is 6.32. The summed E-state index contributed by atoms with van der Waals surface area (Å²) < 4.78 is 10.3. The van der Waals surface area contributed by atoms with Gasteiger partial charge in [0, 0.05) is 12.5 Å². The minimum Gasteiger partial charge on any atom is -0.454 e. The number of fused-ring (bicyclic) bond motifs is 1. The molecule has 0 saturated heterocycles. The van der Waals surface area contributed by atoms with Crippen molar-refractivity contribution >= 4 is 17.7 Å². The number of benzene rings is 1. The molecule has 6 heteroatoms. The van der Waals surface area contributed by atoms with Gasteiger partial charge < -0.3 is 9.47 Å². The van der Waals surface area contributed by atoms with Crippen molar-refractivity contribution in [1.82, 2.24) is 0 Å². The Morgan fingerprint density at radius 2 is 2.35 bits per heavy atom. The molecule has 1 aliphatic rings. The van der Waals surface area contributed by atoms with Crippen molar-refractivity contribution in [1.29, 1.82) is 0 Å². The molecule has 0 amide bonds. The van der Waals surface area contributed by atoms with Crippen molar-refractivity contribution in [2.24, 2.45) is 0 Å². The maximum Gasteiger partial charge on any atom is 0.246 e. The van der Waals surface area contributed by atoms with E-state index in [1.54, 1.807) is 19.1 Å². The Balaban J connectivity index is 2.41. The van der Waals surface area contributed by atoms with Gasteiger partial charge in [-0.05, 0) is 17.7 Å². The van der Waals surface area contributed by atoms with Crippen LogP contribution in [-0.2, 0) is 0 Å². The highest BCUT2D eigenvalue weighted by atomic mass is 35.5. The molecule has 1 heterocycles. The fourth-order valence-corrected chi connectivity index (χ4v) is 1.82. The molecule has 0 unspecified atom stereocenters. The van der Waals surface area contributed by atoms with Crippen LogP contribution < -0.4 is 9.47 Å². The van der Waals surface area contributed by atoms with Crippen molar-refractivity contribution in [2.45, 2.75) is 13.3 Å². The second kappa shape index (κ2) is 4.63. The third-order valence-electron chi connectivity index (χ3n) is 2.38. The van der Waals surface area contributed by atoms with Gasteiger partial charge in [0.2, 0.25) is 12.5 Å². The standard InChI is InChI=1S/C11H10ClNO4/c1-2-8(13(14)15)3-7-4-9(12)11-10(5-7)16-6-17-11/h3-5H,2,6H2,1H3/b8-3+. The summed E-state index contributed by atoms with van der Waals surface area (Å²) in [6.07, 6.45) is 1.83. The summed E-state index contributed by atoms with van der Waals surface area (Å²) >= 11 is 5.98. The van der Waals surface area contributed by atoms with Crippen LogP contribution in [0.3, 0.4) is 0 Å². The molecule has 0 saturated carbocycles. The van der Waals surface area contributed by atoms with E-state index in [0.29, 0.717) is 28.5 Å². The monoisotopic (exact) mass is 255 g/mol. The molecule has 1 aromatic rings. The van der Waals surface area contributed by atoms with Gasteiger partial charge in [-0.2, -0.15) is 0 Å². The van der Waals surface area contributed by atoms with Gasteiger partial charge >= 0.3 is 0 Å². The molecule has 0 aliphatic carbocycles. The summed E-state index contributed by atoms with van der Waals surface area (Å²) in [5, 5.41) is 11.1. The molecule has 5 nitrogen and oxygen atoms in total. The van der Waals surface area contributed by atoms with E-state index in [-0.39, 0.29) is 12.5 Å². The number of hydrogen-bond acceptors (Lipinski definition) is 4. The van der Waals surface area contributed by atoms with Gasteiger partial charge in [0.05, 0.1) is 9.95 Å². The van der Waals surface area contributed by atoms with Gasteiger partial charge in [-0.25, -0.2) is 0 Å². The van der Waals surface area contributed by atoms with Crippen molar-refractivity contribution < 1.29 is 14.4 Å². The van der Waals surface area contributed by atoms with Crippen LogP contribution in [-0.4, -0.2) is 11.7 Å². The Hall–Kier alpha value is -1.75. The zero-order chi connectivity index (χ0) is 12.4. The van der Waals surface area contributed by atoms with E-state index in [9.17, 15) is 10.1 Å². The summed E-state index contributed by atoms with van der Waals surface area (Å²) in [5.74, 6) is 1.01. The lowest BCUT2D eigenvalue weighted by Gasteiger charge is -2.01. The van der Waals surface area contributed by atoms with Crippen LogP contribution >= 0.6 is 11.6 Å². The van der Waals surface area contributed by atoms with Crippen LogP contribution in [0.5, 0.6) is 11.5 Å². The van der Waals surface area contributed by atoms with Gasteiger partial charge in [-0.3, -0.25) is 10.1 Å². The lowest BCUT2D eigenvalue weighted by Crippen LogP contribution is -1.96. The zero-order valence-electron chi connectivity index (χ0n) is 9.10. The maximum atomic E-state index is 10.7. The van der Waals surface area contributed by atoms with E-state index >= 15 is 0 Å². The molecule has 0 radical (unpaired) electrons. The number of allylic oxidation sites excluding steroid dienone is 1. The van der Waals surface area contributed by atoms with Crippen molar-refractivity contribution in [2.75, 3.05) is 6.79 Å². The lowest BCUT2D eigenvalue weighted by atomic mass is 10.1. The molecule has 0 bridgehead atoms. The quantitative estimate of drug-likeness (QED) is 0.615. The number of nitrogens with zero attached hydrogens (tertiary/aromatic N) is 1. The fraction of sp³-hybridized carbons (Fsp3) is 0.273. The average molecular weight is 256 g/mol. The van der Waals surface area contributed by atoms with E-state index in [2.05, 4.69) is 0 Å². The average Bonchev–Trinajstić information content (AvgIpc) is 2.74. The van der Waals surface area contributed by atoms with E-state index in [4.69, 9.17) is 21.1 Å². The first-order valence-electron chi connectivity index (χ1n) is 5.06. The van der Waals surface area contributed by atoms with E-state index in [0.717, 1.165) is 0 Å². The summed E-state index contributed by atoms with van der Waals surface area (Å²) in [4.78, 5) is 10.3. The highest BCUT2D eigenvalue weighted by Gasteiger charge is 2.18. The van der Waals surface area contributed by atoms with Crippen LogP contribution in [0.15, 0.2) is 17.8 Å². The van der Waals surface area contributed by atoms with Gasteiger partial charge in [0.15, 0.2) is 11.5 Å². The van der Waals surface area contributed by atoms with Crippen molar-refractivity contribution in [3.8, 4) is 11.5 Å². The van der Waals surface area contributed by atoms with Gasteiger partial charge in [0.1, 0.15) is 0 Å². The second-order valence-electron chi connectivity index (χ2n) is 3.48. The minimum absolute atomic E-state index is 0.123. The number of nitro groups is 1. The highest BCUT2D eigenvalue weighted by Crippen LogP contribution is 2.40. The molecular formula is C11H10ClNO4. The Bertz CT molecular complexity index is 498. The van der Waals surface area contributed by atoms with Gasteiger partial charge in [-0.15, -0.1) is 0 Å². The minimum atomic E-state index is -0.404. The van der Waals surface area contributed by atoms with Gasteiger partial charge in [-0.1, -0.05) is 18.5 Å². The molecule has 1 aromatic carbocycles. The number of ether oxygens (including phenoxy) is 2. The van der Waals surface area contributed by atoms with Crippen LogP contribution in [0.1, 0.15) is 18.9 Å². The summed E-state index contributed by atoms with van der Waals surface area (Å²) in [5.41, 5.74) is 0.757. The molecule has 0 aromatic heterocycles. The Kier molecular flexibility index (Phi) is 3.19. The third-order valence-corrected chi connectivity index (χ3v) is 2.66. The molecule has 0 atom stereocenters. The van der Waals surface area contributed by atoms with Gasteiger partial charge in [0.25, 0.3) is 0 Å². The maximum absolute atomic E-state index is 10.7. The number of rotatable bonds is 3. The zero-order valence-corrected chi connectivity index (χ0v) is 9.86. The predicted octanol–water partition coefficient (Wildman–Crippen LogP) is 3.10. The summed E-state index contributed by atoms with van der Waals surface area (Å²) in [6.45, 7) is 1.85. The third kappa shape index (κ3) is 2.34. The number of halogens is 1. The number of hydrogen-bond donors (Lipinski definition) is 0. The van der Waals surface area contributed by atoms with Crippen LogP contribution in [0, 0.1) is 10.1 Å². The Labute approximate surface area is 103 Å². The predicted molar refractivity (Wildman–Crippen MR) is 62.8 cm³/mol. The molecule has 0 fully saturated rings. The summed E-state index contributed by atoms with van der Waals surface area (Å²) in [6, 6.07) is 3.29. The van der Waals surface area contributed by atoms with Crippen LogP contribution in [0.25, 0.3) is 6.08 Å². The van der Waals surface area contributed by atoms with Crippen LogP contribution in [0.4, 0.5) is 0 Å². The first-order valence-corrected chi connectivity index (χ1v) is 5.43. The van der Waals surface area contributed by atoms with Crippen molar-refractivity contribution in [3.05, 3.63) is 38.5 Å². The second-order valence-corrected chi connectivity index (χ2v) is 3.89. The smallest absolute Gasteiger partial charge is 0.246 e. The lowest BCUT2D eigenvalue weighted by molar-refractivity contribution is -0.425. The molecule has 90 valence electrons. The normalized spacial score (nSPS) is 13.9. The molecule has 2 rings (SSSR count). The Morgan fingerprint density at radius 3 is 3.00 bits per heavy atom. The van der Waals surface area contributed by atoms with Crippen molar-refractivity contribution in [3.63, 3.8) is 0 Å². The molecule has 0 spiro atoms. The molecule has 17 heavy (non-hydrogen) atoms. The molecule has 0 N–H and O–H groups in total. The molecule has 1 aliphatic heterocycles. The first-order chi connectivity index (χ1) is 8.11. The topological polar surface area (TPSA) is 61.6 Å².